The number of halogens is 5. The van der Waals surface area contributed by atoms with E-state index < -0.39 is 11.9 Å². The summed E-state index contributed by atoms with van der Waals surface area (Å²) in [5, 5.41) is 0. The standard InChI is InChI=1S/C6H2Br2F3N/c7-3-1-5(6(9,10)11)12-2-4(3)8/h1-2H. The van der Waals surface area contributed by atoms with E-state index in [0.29, 0.717) is 8.95 Å². The second kappa shape index (κ2) is 3.33. The van der Waals surface area contributed by atoms with Crippen molar-refractivity contribution in [3.05, 3.63) is 26.9 Å². The van der Waals surface area contributed by atoms with Crippen LogP contribution in [0.25, 0.3) is 0 Å². The number of aromatic nitrogens is 1. The van der Waals surface area contributed by atoms with Gasteiger partial charge in [0.2, 0.25) is 0 Å². The van der Waals surface area contributed by atoms with Crippen LogP contribution in [-0.4, -0.2) is 4.98 Å². The second-order valence-electron chi connectivity index (χ2n) is 1.98. The molecule has 1 aromatic rings. The summed E-state index contributed by atoms with van der Waals surface area (Å²) in [5.74, 6) is 0. The van der Waals surface area contributed by atoms with Gasteiger partial charge in [-0.25, -0.2) is 0 Å². The van der Waals surface area contributed by atoms with Crippen molar-refractivity contribution >= 4 is 31.9 Å². The van der Waals surface area contributed by atoms with E-state index in [4.69, 9.17) is 0 Å². The normalized spacial score (nSPS) is 11.8. The van der Waals surface area contributed by atoms with Gasteiger partial charge in [-0.1, -0.05) is 0 Å². The summed E-state index contributed by atoms with van der Waals surface area (Å²) < 4.78 is 36.8. The fourth-order valence-corrected chi connectivity index (χ4v) is 1.11. The highest BCUT2D eigenvalue weighted by Gasteiger charge is 2.32. The van der Waals surface area contributed by atoms with Gasteiger partial charge in [0.1, 0.15) is 5.69 Å². The molecule has 12 heavy (non-hydrogen) atoms. The zero-order chi connectivity index (χ0) is 9.35. The van der Waals surface area contributed by atoms with Crippen molar-refractivity contribution in [1.29, 1.82) is 0 Å². The van der Waals surface area contributed by atoms with Crippen molar-refractivity contribution in [3.8, 4) is 0 Å². The van der Waals surface area contributed by atoms with Gasteiger partial charge in [-0.15, -0.1) is 0 Å². The molecule has 0 saturated carbocycles. The van der Waals surface area contributed by atoms with E-state index in [1.54, 1.807) is 0 Å². The summed E-state index contributed by atoms with van der Waals surface area (Å²) >= 11 is 5.97. The van der Waals surface area contributed by atoms with Crippen molar-refractivity contribution in [1.82, 2.24) is 4.98 Å². The third-order valence-electron chi connectivity index (χ3n) is 1.10. The van der Waals surface area contributed by atoms with E-state index in [-0.39, 0.29) is 0 Å². The SMILES string of the molecule is FC(F)(F)c1cc(Br)c(Br)cn1. The molecule has 0 unspecified atom stereocenters. The van der Waals surface area contributed by atoms with E-state index >= 15 is 0 Å². The van der Waals surface area contributed by atoms with Crippen molar-refractivity contribution < 1.29 is 13.2 Å². The lowest BCUT2D eigenvalue weighted by Crippen LogP contribution is -2.07. The Morgan fingerprint density at radius 1 is 1.17 bits per heavy atom. The third kappa shape index (κ3) is 2.20. The average molecular weight is 305 g/mol. The van der Waals surface area contributed by atoms with Gasteiger partial charge >= 0.3 is 6.18 Å². The van der Waals surface area contributed by atoms with Gasteiger partial charge in [0, 0.05) is 10.7 Å². The van der Waals surface area contributed by atoms with Gasteiger partial charge in [0.25, 0.3) is 0 Å². The smallest absolute Gasteiger partial charge is 0.251 e. The number of nitrogens with zero attached hydrogens (tertiary/aromatic N) is 1. The van der Waals surface area contributed by atoms with Crippen LogP contribution in [0, 0.1) is 0 Å². The maximum atomic E-state index is 12.0. The van der Waals surface area contributed by atoms with Crippen LogP contribution in [-0.2, 0) is 6.18 Å². The molecule has 0 bridgehead atoms. The van der Waals surface area contributed by atoms with E-state index in [1.807, 2.05) is 0 Å². The van der Waals surface area contributed by atoms with Crippen molar-refractivity contribution in [2.24, 2.45) is 0 Å². The fourth-order valence-electron chi connectivity index (χ4n) is 0.569. The highest BCUT2D eigenvalue weighted by molar-refractivity contribution is 9.13. The van der Waals surface area contributed by atoms with Crippen LogP contribution >= 0.6 is 31.9 Å². The molecule has 1 aromatic heterocycles. The largest absolute Gasteiger partial charge is 0.433 e. The summed E-state index contributed by atoms with van der Waals surface area (Å²) in [6.07, 6.45) is -3.28. The minimum Gasteiger partial charge on any atom is -0.251 e. The topological polar surface area (TPSA) is 12.9 Å². The van der Waals surface area contributed by atoms with Crippen LogP contribution in [0.3, 0.4) is 0 Å². The highest BCUT2D eigenvalue weighted by Crippen LogP contribution is 2.31. The summed E-state index contributed by atoms with van der Waals surface area (Å²) in [4.78, 5) is 3.21. The second-order valence-corrected chi connectivity index (χ2v) is 3.69. The molecule has 0 saturated heterocycles. The lowest BCUT2D eigenvalue weighted by Gasteiger charge is -2.05. The van der Waals surface area contributed by atoms with Crippen LogP contribution < -0.4 is 0 Å². The molecule has 0 aliphatic heterocycles. The third-order valence-corrected chi connectivity index (χ3v) is 2.92. The van der Waals surface area contributed by atoms with Gasteiger partial charge in [0.15, 0.2) is 0 Å². The van der Waals surface area contributed by atoms with Crippen LogP contribution in [0.1, 0.15) is 5.69 Å². The molecule has 0 aromatic carbocycles. The quantitative estimate of drug-likeness (QED) is 0.713. The summed E-state index contributed by atoms with van der Waals surface area (Å²) in [6, 6.07) is 0.921. The van der Waals surface area contributed by atoms with E-state index in [0.717, 1.165) is 12.3 Å². The van der Waals surface area contributed by atoms with E-state index in [9.17, 15) is 13.2 Å². The number of pyridine rings is 1. The summed E-state index contributed by atoms with van der Waals surface area (Å²) in [7, 11) is 0. The summed E-state index contributed by atoms with van der Waals surface area (Å²) in [5.41, 5.74) is -0.905. The first-order valence-electron chi connectivity index (χ1n) is 2.79. The number of hydrogen-bond acceptors (Lipinski definition) is 1. The first kappa shape index (κ1) is 9.98. The Morgan fingerprint density at radius 2 is 1.75 bits per heavy atom. The highest BCUT2D eigenvalue weighted by atomic mass is 79.9. The number of hydrogen-bond donors (Lipinski definition) is 0. The molecular formula is C6H2Br2F3N. The first-order chi connectivity index (χ1) is 5.41. The zero-order valence-corrected chi connectivity index (χ0v) is 8.66. The Hall–Kier alpha value is -0.100. The maximum Gasteiger partial charge on any atom is 0.433 e. The molecule has 1 heterocycles. The van der Waals surface area contributed by atoms with Gasteiger partial charge in [-0.05, 0) is 37.9 Å². The van der Waals surface area contributed by atoms with Crippen molar-refractivity contribution in [2.75, 3.05) is 0 Å². The van der Waals surface area contributed by atoms with Crippen LogP contribution in [0.4, 0.5) is 13.2 Å². The molecule has 0 amide bonds. The molecule has 0 atom stereocenters. The minimum atomic E-state index is -4.39. The molecule has 0 N–H and O–H groups in total. The van der Waals surface area contributed by atoms with Crippen molar-refractivity contribution in [3.63, 3.8) is 0 Å². The fraction of sp³-hybridized carbons (Fsp3) is 0.167. The molecule has 1 nitrogen and oxygen atoms in total. The molecule has 6 heteroatoms. The van der Waals surface area contributed by atoms with Crippen LogP contribution in [0.15, 0.2) is 21.2 Å². The molecule has 0 aliphatic carbocycles. The number of rotatable bonds is 0. The Balaban J connectivity index is 3.14. The predicted molar refractivity (Wildman–Crippen MR) is 44.6 cm³/mol. The molecule has 0 fully saturated rings. The van der Waals surface area contributed by atoms with Gasteiger partial charge < -0.3 is 0 Å². The molecule has 0 spiro atoms. The first-order valence-corrected chi connectivity index (χ1v) is 4.38. The summed E-state index contributed by atoms with van der Waals surface area (Å²) in [6.45, 7) is 0. The lowest BCUT2D eigenvalue weighted by atomic mass is 10.3. The lowest BCUT2D eigenvalue weighted by molar-refractivity contribution is -0.141. The Kier molecular flexibility index (Phi) is 2.77. The van der Waals surface area contributed by atoms with Gasteiger partial charge in [-0.2, -0.15) is 13.2 Å². The molecule has 1 rings (SSSR count). The van der Waals surface area contributed by atoms with Gasteiger partial charge in [0.05, 0.1) is 4.47 Å². The van der Waals surface area contributed by atoms with Gasteiger partial charge in [-0.3, -0.25) is 4.98 Å². The molecular weight excluding hydrogens is 303 g/mol. The maximum absolute atomic E-state index is 12.0. The molecule has 0 radical (unpaired) electrons. The van der Waals surface area contributed by atoms with Crippen molar-refractivity contribution in [2.45, 2.75) is 6.18 Å². The predicted octanol–water partition coefficient (Wildman–Crippen LogP) is 3.63. The van der Waals surface area contributed by atoms with Crippen LogP contribution in [0.5, 0.6) is 0 Å². The Bertz CT molecular complexity index is 297. The Morgan fingerprint density at radius 3 is 2.17 bits per heavy atom. The average Bonchev–Trinajstić information content (AvgIpc) is 1.92. The minimum absolute atomic E-state index is 0.338. The van der Waals surface area contributed by atoms with Crippen LogP contribution in [0.2, 0.25) is 0 Å². The molecule has 0 aliphatic rings. The zero-order valence-electron chi connectivity index (χ0n) is 5.49. The van der Waals surface area contributed by atoms with E-state index in [2.05, 4.69) is 36.8 Å². The monoisotopic (exact) mass is 303 g/mol. The number of alkyl halides is 3. The molecule has 66 valence electrons. The van der Waals surface area contributed by atoms with E-state index in [1.165, 1.54) is 0 Å². The Labute approximate surface area is 83.2 Å².